The highest BCUT2D eigenvalue weighted by Gasteiger charge is 2.06. The number of hydrogen-bond donors (Lipinski definition) is 1. The van der Waals surface area contributed by atoms with Crippen LogP contribution in [0.25, 0.3) is 0 Å². The van der Waals surface area contributed by atoms with Gasteiger partial charge in [-0.25, -0.2) is 4.79 Å². The van der Waals surface area contributed by atoms with Crippen LogP contribution in [0.2, 0.25) is 5.02 Å². The van der Waals surface area contributed by atoms with Gasteiger partial charge in [0.1, 0.15) is 12.4 Å². The summed E-state index contributed by atoms with van der Waals surface area (Å²) in [5.41, 5.74) is 0.844. The molecule has 1 heterocycles. The van der Waals surface area contributed by atoms with Gasteiger partial charge in [0, 0.05) is 11.2 Å². The Morgan fingerprint density at radius 3 is 2.89 bits per heavy atom. The maximum Gasteiger partial charge on any atom is 0.335 e. The number of carbonyl (C=O) groups is 1. The average Bonchev–Trinajstić information content (AvgIpc) is 2.37. The van der Waals surface area contributed by atoms with Gasteiger partial charge in [-0.1, -0.05) is 11.6 Å². The number of ether oxygens (including phenoxy) is 1. The smallest absolute Gasteiger partial charge is 0.335 e. The molecule has 0 aliphatic heterocycles. The van der Waals surface area contributed by atoms with Crippen molar-refractivity contribution in [2.45, 2.75) is 6.61 Å². The van der Waals surface area contributed by atoms with Gasteiger partial charge in [0.2, 0.25) is 0 Å². The molecule has 5 heteroatoms. The predicted octanol–water partition coefficient (Wildman–Crippen LogP) is 3.01. The van der Waals surface area contributed by atoms with Crippen LogP contribution in [0.4, 0.5) is 0 Å². The number of aromatic carboxylic acids is 1. The fraction of sp³-hybridized carbons (Fsp3) is 0.0769. The van der Waals surface area contributed by atoms with Crippen molar-refractivity contribution in [2.24, 2.45) is 0 Å². The molecule has 2 rings (SSSR count). The van der Waals surface area contributed by atoms with Crippen LogP contribution in [0.5, 0.6) is 5.75 Å². The lowest BCUT2D eigenvalue weighted by molar-refractivity contribution is 0.0696. The van der Waals surface area contributed by atoms with Crippen LogP contribution in [0, 0.1) is 0 Å². The minimum absolute atomic E-state index is 0.146. The minimum Gasteiger partial charge on any atom is -0.487 e. The number of halogens is 1. The number of benzene rings is 1. The molecule has 0 fully saturated rings. The van der Waals surface area contributed by atoms with Crippen LogP contribution in [-0.4, -0.2) is 16.1 Å². The van der Waals surface area contributed by atoms with Gasteiger partial charge in [-0.2, -0.15) is 0 Å². The van der Waals surface area contributed by atoms with Crippen molar-refractivity contribution in [3.8, 4) is 5.75 Å². The fourth-order valence-corrected chi connectivity index (χ4v) is 1.71. The van der Waals surface area contributed by atoms with E-state index in [1.54, 1.807) is 30.6 Å². The monoisotopic (exact) mass is 263 g/mol. The van der Waals surface area contributed by atoms with E-state index < -0.39 is 5.97 Å². The first-order chi connectivity index (χ1) is 8.65. The van der Waals surface area contributed by atoms with Crippen LogP contribution in [0.3, 0.4) is 0 Å². The van der Waals surface area contributed by atoms with E-state index in [0.717, 1.165) is 0 Å². The van der Waals surface area contributed by atoms with Gasteiger partial charge in [-0.3, -0.25) is 4.98 Å². The number of rotatable bonds is 4. The standard InChI is InChI=1S/C13H10ClNO3/c14-11-5-9(4-10(6-11)13(16)17)8-18-12-2-1-3-15-7-12/h1-7H,8H2,(H,16,17). The molecule has 0 spiro atoms. The van der Waals surface area contributed by atoms with Crippen LogP contribution in [0.15, 0.2) is 42.7 Å². The zero-order chi connectivity index (χ0) is 13.0. The summed E-state index contributed by atoms with van der Waals surface area (Å²) >= 11 is 5.84. The van der Waals surface area contributed by atoms with Gasteiger partial charge in [-0.05, 0) is 35.9 Å². The molecule has 0 aliphatic rings. The molecule has 1 aromatic heterocycles. The number of nitrogens with zero attached hydrogens (tertiary/aromatic N) is 1. The Balaban J connectivity index is 2.12. The normalized spacial score (nSPS) is 10.1. The van der Waals surface area contributed by atoms with Crippen molar-refractivity contribution >= 4 is 17.6 Å². The second kappa shape index (κ2) is 5.51. The zero-order valence-electron chi connectivity index (χ0n) is 9.34. The Kier molecular flexibility index (Phi) is 3.79. The van der Waals surface area contributed by atoms with E-state index in [1.807, 2.05) is 0 Å². The van der Waals surface area contributed by atoms with E-state index >= 15 is 0 Å². The molecule has 0 atom stereocenters. The summed E-state index contributed by atoms with van der Waals surface area (Å²) in [6.45, 7) is 0.243. The van der Waals surface area contributed by atoms with E-state index in [9.17, 15) is 4.79 Å². The second-order valence-corrected chi connectivity index (χ2v) is 4.07. The molecule has 0 unspecified atom stereocenters. The lowest BCUT2D eigenvalue weighted by Gasteiger charge is -2.07. The summed E-state index contributed by atoms with van der Waals surface area (Å²) in [7, 11) is 0. The molecule has 0 saturated heterocycles. The Morgan fingerprint density at radius 1 is 1.39 bits per heavy atom. The Labute approximate surface area is 109 Å². The van der Waals surface area contributed by atoms with E-state index in [4.69, 9.17) is 21.4 Å². The molecule has 0 amide bonds. The highest BCUT2D eigenvalue weighted by molar-refractivity contribution is 6.31. The number of aromatic nitrogens is 1. The first kappa shape index (κ1) is 12.4. The fourth-order valence-electron chi connectivity index (χ4n) is 1.46. The van der Waals surface area contributed by atoms with Gasteiger partial charge in [0.05, 0.1) is 11.8 Å². The number of carboxylic acids is 1. The van der Waals surface area contributed by atoms with Crippen LogP contribution in [-0.2, 0) is 6.61 Å². The Morgan fingerprint density at radius 2 is 2.22 bits per heavy atom. The summed E-state index contributed by atoms with van der Waals surface area (Å²) in [6.07, 6.45) is 3.23. The largest absolute Gasteiger partial charge is 0.487 e. The maximum absolute atomic E-state index is 10.9. The van der Waals surface area contributed by atoms with Gasteiger partial charge >= 0.3 is 5.97 Å². The lowest BCUT2D eigenvalue weighted by Crippen LogP contribution is -2.01. The minimum atomic E-state index is -1.01. The van der Waals surface area contributed by atoms with Crippen molar-refractivity contribution in [1.82, 2.24) is 4.98 Å². The Hall–Kier alpha value is -2.07. The quantitative estimate of drug-likeness (QED) is 0.921. The third-order valence-electron chi connectivity index (χ3n) is 2.24. The molecule has 0 bridgehead atoms. The van der Waals surface area contributed by atoms with Crippen molar-refractivity contribution in [3.05, 3.63) is 58.9 Å². The summed E-state index contributed by atoms with van der Waals surface area (Å²) in [5.74, 6) is -0.394. The SMILES string of the molecule is O=C(O)c1cc(Cl)cc(COc2cccnc2)c1. The molecule has 18 heavy (non-hydrogen) atoms. The van der Waals surface area contributed by atoms with Gasteiger partial charge in [-0.15, -0.1) is 0 Å². The molecular formula is C13H10ClNO3. The number of carboxylic acid groups (broad SMARTS) is 1. The maximum atomic E-state index is 10.9. The van der Waals surface area contributed by atoms with Gasteiger partial charge in [0.25, 0.3) is 0 Å². The van der Waals surface area contributed by atoms with Crippen molar-refractivity contribution in [3.63, 3.8) is 0 Å². The highest BCUT2D eigenvalue weighted by atomic mass is 35.5. The van der Waals surface area contributed by atoms with Crippen molar-refractivity contribution < 1.29 is 14.6 Å². The van der Waals surface area contributed by atoms with Crippen LogP contribution < -0.4 is 4.74 Å². The third-order valence-corrected chi connectivity index (χ3v) is 2.46. The number of hydrogen-bond acceptors (Lipinski definition) is 3. The van der Waals surface area contributed by atoms with E-state index in [1.165, 1.54) is 12.1 Å². The topological polar surface area (TPSA) is 59.4 Å². The second-order valence-electron chi connectivity index (χ2n) is 3.63. The Bertz CT molecular complexity index is 557. The van der Waals surface area contributed by atoms with Gasteiger partial charge < -0.3 is 9.84 Å². The van der Waals surface area contributed by atoms with Gasteiger partial charge in [0.15, 0.2) is 0 Å². The first-order valence-electron chi connectivity index (χ1n) is 5.21. The molecule has 1 N–H and O–H groups in total. The highest BCUT2D eigenvalue weighted by Crippen LogP contribution is 2.17. The molecule has 1 aromatic carbocycles. The molecule has 92 valence electrons. The molecule has 0 saturated carbocycles. The van der Waals surface area contributed by atoms with E-state index in [-0.39, 0.29) is 12.2 Å². The zero-order valence-corrected chi connectivity index (χ0v) is 10.1. The third kappa shape index (κ3) is 3.21. The summed E-state index contributed by atoms with van der Waals surface area (Å²) in [5, 5.41) is 9.28. The van der Waals surface area contributed by atoms with Crippen molar-refractivity contribution in [2.75, 3.05) is 0 Å². The average molecular weight is 264 g/mol. The summed E-state index contributed by atoms with van der Waals surface area (Å²) < 4.78 is 5.47. The van der Waals surface area contributed by atoms with Crippen LogP contribution in [0.1, 0.15) is 15.9 Å². The van der Waals surface area contributed by atoms with E-state index in [0.29, 0.717) is 16.3 Å². The molecule has 2 aromatic rings. The molecule has 4 nitrogen and oxygen atoms in total. The van der Waals surface area contributed by atoms with Crippen molar-refractivity contribution in [1.29, 1.82) is 0 Å². The lowest BCUT2D eigenvalue weighted by atomic mass is 10.1. The summed E-state index contributed by atoms with van der Waals surface area (Å²) in [4.78, 5) is 14.8. The molecular weight excluding hydrogens is 254 g/mol. The molecule has 0 aliphatic carbocycles. The predicted molar refractivity (Wildman–Crippen MR) is 67.0 cm³/mol. The first-order valence-corrected chi connectivity index (χ1v) is 5.58. The number of pyridine rings is 1. The summed E-state index contributed by atoms with van der Waals surface area (Å²) in [6, 6.07) is 8.14. The van der Waals surface area contributed by atoms with Crippen LogP contribution >= 0.6 is 11.6 Å². The van der Waals surface area contributed by atoms with E-state index in [2.05, 4.69) is 4.98 Å². The molecule has 0 radical (unpaired) electrons.